The van der Waals surface area contributed by atoms with Crippen LogP contribution in [0.4, 0.5) is 0 Å². The Labute approximate surface area is 107 Å². The van der Waals surface area contributed by atoms with Crippen LogP contribution in [0.2, 0.25) is 13.1 Å². The predicted octanol–water partition coefficient (Wildman–Crippen LogP) is 3.18. The van der Waals surface area contributed by atoms with Gasteiger partial charge in [-0.2, -0.15) is 0 Å². The third kappa shape index (κ3) is 4.07. The van der Waals surface area contributed by atoms with Crippen molar-refractivity contribution in [1.29, 1.82) is 0 Å². The minimum absolute atomic E-state index is 0.106. The molecule has 0 amide bonds. The average molecular weight is 254 g/mol. The molecule has 0 aliphatic heterocycles. The molecule has 0 aromatic rings. The fourth-order valence-electron chi connectivity index (χ4n) is 2.60. The maximum Gasteiger partial charge on any atom is 0.171 e. The summed E-state index contributed by atoms with van der Waals surface area (Å²) in [7, 11) is -1.08. The third-order valence-electron chi connectivity index (χ3n) is 3.37. The zero-order valence-corrected chi connectivity index (χ0v) is 12.9. The largest absolute Gasteiger partial charge is 0.417 e. The second kappa shape index (κ2) is 5.96. The minimum atomic E-state index is -1.08. The van der Waals surface area contributed by atoms with Crippen LogP contribution in [-0.4, -0.2) is 21.4 Å². The zero-order valence-electron chi connectivity index (χ0n) is 11.8. The molecule has 0 N–H and O–H groups in total. The first-order chi connectivity index (χ1) is 7.86. The van der Waals surface area contributed by atoms with Crippen LogP contribution in [0.15, 0.2) is 12.2 Å². The monoisotopic (exact) mass is 254 g/mol. The summed E-state index contributed by atoms with van der Waals surface area (Å²) in [5, 5.41) is 0. The standard InChI is InChI=1S/C14H26O2Si/c1-14(2,3)13(16-17(4)5)12-9-7-6-8-11(12)10-15/h6-7,10-13,17H,8-9H2,1-5H3/t11-,12-,13?/m1/s1. The Kier molecular flexibility index (Phi) is 5.14. The maximum absolute atomic E-state index is 11.2. The highest BCUT2D eigenvalue weighted by molar-refractivity contribution is 6.48. The van der Waals surface area contributed by atoms with E-state index in [1.165, 1.54) is 0 Å². The normalized spacial score (nSPS) is 27.2. The number of hydrogen-bond donors (Lipinski definition) is 0. The van der Waals surface area contributed by atoms with Crippen LogP contribution in [0, 0.1) is 17.3 Å². The molecule has 1 unspecified atom stereocenters. The van der Waals surface area contributed by atoms with E-state index in [4.69, 9.17) is 4.43 Å². The van der Waals surface area contributed by atoms with Crippen LogP contribution in [-0.2, 0) is 9.22 Å². The number of allylic oxidation sites excluding steroid dienone is 2. The van der Waals surface area contributed by atoms with Gasteiger partial charge >= 0.3 is 0 Å². The molecular weight excluding hydrogens is 228 g/mol. The first-order valence-electron chi connectivity index (χ1n) is 6.62. The van der Waals surface area contributed by atoms with Crippen molar-refractivity contribution in [2.24, 2.45) is 17.3 Å². The molecule has 1 aliphatic carbocycles. The molecule has 3 heteroatoms. The van der Waals surface area contributed by atoms with Crippen molar-refractivity contribution in [1.82, 2.24) is 0 Å². The van der Waals surface area contributed by atoms with E-state index in [0.29, 0.717) is 5.92 Å². The van der Waals surface area contributed by atoms with Crippen LogP contribution >= 0.6 is 0 Å². The quantitative estimate of drug-likeness (QED) is 0.437. The minimum Gasteiger partial charge on any atom is -0.417 e. The van der Waals surface area contributed by atoms with Gasteiger partial charge in [0, 0.05) is 5.92 Å². The molecule has 3 atom stereocenters. The van der Waals surface area contributed by atoms with Crippen molar-refractivity contribution >= 4 is 15.3 Å². The van der Waals surface area contributed by atoms with E-state index in [0.717, 1.165) is 19.1 Å². The lowest BCUT2D eigenvalue weighted by Crippen LogP contribution is -2.43. The molecule has 0 aromatic carbocycles. The average Bonchev–Trinajstić information content (AvgIpc) is 2.24. The van der Waals surface area contributed by atoms with Crippen molar-refractivity contribution in [3.05, 3.63) is 12.2 Å². The maximum atomic E-state index is 11.2. The number of carbonyl (C=O) groups is 1. The Balaban J connectivity index is 2.88. The summed E-state index contributed by atoms with van der Waals surface area (Å²) in [4.78, 5) is 11.2. The second-order valence-corrected chi connectivity index (χ2v) is 8.75. The van der Waals surface area contributed by atoms with Gasteiger partial charge < -0.3 is 9.22 Å². The fourth-order valence-corrected chi connectivity index (χ4v) is 3.80. The lowest BCUT2D eigenvalue weighted by Gasteiger charge is -2.41. The van der Waals surface area contributed by atoms with Crippen molar-refractivity contribution in [2.45, 2.75) is 52.8 Å². The molecule has 1 aliphatic rings. The molecule has 0 heterocycles. The van der Waals surface area contributed by atoms with Gasteiger partial charge in [0.05, 0.1) is 6.10 Å². The molecular formula is C14H26O2Si. The summed E-state index contributed by atoms with van der Waals surface area (Å²) >= 11 is 0. The summed E-state index contributed by atoms with van der Waals surface area (Å²) < 4.78 is 6.23. The number of carbonyl (C=O) groups excluding carboxylic acids is 1. The van der Waals surface area contributed by atoms with E-state index in [1.54, 1.807) is 0 Å². The van der Waals surface area contributed by atoms with Gasteiger partial charge in [-0.15, -0.1) is 0 Å². The van der Waals surface area contributed by atoms with Crippen LogP contribution in [0.25, 0.3) is 0 Å². The van der Waals surface area contributed by atoms with Gasteiger partial charge in [-0.05, 0) is 37.3 Å². The molecule has 0 radical (unpaired) electrons. The van der Waals surface area contributed by atoms with Crippen LogP contribution in [0.3, 0.4) is 0 Å². The van der Waals surface area contributed by atoms with E-state index in [-0.39, 0.29) is 17.4 Å². The molecule has 2 nitrogen and oxygen atoms in total. The van der Waals surface area contributed by atoms with Gasteiger partial charge in [0.15, 0.2) is 9.04 Å². The van der Waals surface area contributed by atoms with Gasteiger partial charge in [0.1, 0.15) is 6.29 Å². The van der Waals surface area contributed by atoms with Gasteiger partial charge in [0.2, 0.25) is 0 Å². The summed E-state index contributed by atoms with van der Waals surface area (Å²) in [5.74, 6) is 0.490. The summed E-state index contributed by atoms with van der Waals surface area (Å²) in [6.45, 7) is 11.1. The Morgan fingerprint density at radius 3 is 2.35 bits per heavy atom. The van der Waals surface area contributed by atoms with Crippen molar-refractivity contribution < 1.29 is 9.22 Å². The predicted molar refractivity (Wildman–Crippen MR) is 74.6 cm³/mol. The molecule has 0 aromatic heterocycles. The number of rotatable bonds is 4. The number of hydrogen-bond acceptors (Lipinski definition) is 2. The highest BCUT2D eigenvalue weighted by Gasteiger charge is 2.37. The van der Waals surface area contributed by atoms with Crippen molar-refractivity contribution in [3.8, 4) is 0 Å². The Hall–Kier alpha value is -0.413. The molecule has 0 fully saturated rings. The van der Waals surface area contributed by atoms with Crippen molar-refractivity contribution in [3.63, 3.8) is 0 Å². The first-order valence-corrected chi connectivity index (χ1v) is 9.40. The highest BCUT2D eigenvalue weighted by Crippen LogP contribution is 2.37. The topological polar surface area (TPSA) is 26.3 Å². The highest BCUT2D eigenvalue weighted by atomic mass is 28.3. The molecule has 0 saturated heterocycles. The molecule has 1 rings (SSSR count). The Morgan fingerprint density at radius 2 is 1.88 bits per heavy atom. The summed E-state index contributed by atoms with van der Waals surface area (Å²) in [6, 6.07) is 0. The van der Waals surface area contributed by atoms with E-state index in [2.05, 4.69) is 46.0 Å². The molecule has 0 saturated carbocycles. The van der Waals surface area contributed by atoms with Crippen LogP contribution < -0.4 is 0 Å². The second-order valence-electron chi connectivity index (χ2n) is 6.38. The number of aldehydes is 1. The Bertz CT molecular complexity index is 278. The molecule has 0 spiro atoms. The molecule has 0 bridgehead atoms. The molecule has 98 valence electrons. The van der Waals surface area contributed by atoms with E-state index in [1.807, 2.05) is 0 Å². The lowest BCUT2D eigenvalue weighted by molar-refractivity contribution is -0.115. The molecule has 17 heavy (non-hydrogen) atoms. The van der Waals surface area contributed by atoms with Gasteiger partial charge in [-0.3, -0.25) is 0 Å². The Morgan fingerprint density at radius 1 is 1.29 bits per heavy atom. The third-order valence-corrected chi connectivity index (χ3v) is 4.21. The SMILES string of the molecule is C[SiH](C)OC([C@@H]1CC=CC[C@@H]1C=O)C(C)(C)C. The fraction of sp³-hybridized carbons (Fsp3) is 0.786. The van der Waals surface area contributed by atoms with Crippen molar-refractivity contribution in [2.75, 3.05) is 0 Å². The smallest absolute Gasteiger partial charge is 0.171 e. The summed E-state index contributed by atoms with van der Waals surface area (Å²) in [6.07, 6.45) is 7.51. The zero-order chi connectivity index (χ0) is 13.1. The van der Waals surface area contributed by atoms with E-state index < -0.39 is 9.04 Å². The van der Waals surface area contributed by atoms with Crippen LogP contribution in [0.1, 0.15) is 33.6 Å². The van der Waals surface area contributed by atoms with Crippen LogP contribution in [0.5, 0.6) is 0 Å². The van der Waals surface area contributed by atoms with Gasteiger partial charge in [-0.1, -0.05) is 32.9 Å². The van der Waals surface area contributed by atoms with Gasteiger partial charge in [0.25, 0.3) is 0 Å². The first kappa shape index (κ1) is 14.6. The van der Waals surface area contributed by atoms with E-state index >= 15 is 0 Å². The van der Waals surface area contributed by atoms with E-state index in [9.17, 15) is 4.79 Å². The van der Waals surface area contributed by atoms with Gasteiger partial charge in [-0.25, -0.2) is 0 Å². The summed E-state index contributed by atoms with van der Waals surface area (Å²) in [5.41, 5.74) is 0.106. The lowest BCUT2D eigenvalue weighted by atomic mass is 9.72.